The van der Waals surface area contributed by atoms with Crippen LogP contribution in [0.4, 0.5) is 0 Å². The molecule has 0 saturated heterocycles. The first-order valence-corrected chi connectivity index (χ1v) is 8.89. The van der Waals surface area contributed by atoms with E-state index in [0.717, 1.165) is 21.1 Å². The van der Waals surface area contributed by atoms with Gasteiger partial charge in [-0.15, -0.1) is 0 Å². The average Bonchev–Trinajstić information content (AvgIpc) is 2.99. The van der Waals surface area contributed by atoms with E-state index in [0.29, 0.717) is 16.8 Å². The maximum Gasteiger partial charge on any atom is 0.210 e. The number of aromatic nitrogens is 1. The largest absolute Gasteiger partial charge is 0.312 e. The number of ketones is 1. The second kappa shape index (κ2) is 6.62. The van der Waals surface area contributed by atoms with E-state index in [1.807, 2.05) is 59.0 Å². The molecule has 0 fully saturated rings. The lowest BCUT2D eigenvalue weighted by Gasteiger charge is -2.03. The summed E-state index contributed by atoms with van der Waals surface area (Å²) >= 11 is 3.65. The predicted octanol–water partition coefficient (Wildman–Crippen LogP) is 5.47. The molecule has 0 aliphatic heterocycles. The van der Waals surface area contributed by atoms with E-state index >= 15 is 0 Å². The molecular formula is C22H13BrN2O. The van der Waals surface area contributed by atoms with Crippen LogP contribution >= 0.6 is 15.9 Å². The SMILES string of the molecule is N#Cc1ccn2c(C(=O)c3ccccc3)c(Br)c(-c3ccccc3)c2c1. The number of halogens is 1. The second-order valence-electron chi connectivity index (χ2n) is 5.88. The first-order valence-electron chi connectivity index (χ1n) is 8.09. The monoisotopic (exact) mass is 400 g/mol. The number of benzene rings is 2. The molecule has 2 heterocycles. The van der Waals surface area contributed by atoms with E-state index in [-0.39, 0.29) is 5.78 Å². The van der Waals surface area contributed by atoms with Crippen LogP contribution in [0.1, 0.15) is 21.6 Å². The first kappa shape index (κ1) is 16.3. The Bertz CT molecular complexity index is 1160. The topological polar surface area (TPSA) is 45.3 Å². The van der Waals surface area contributed by atoms with Crippen molar-refractivity contribution in [2.75, 3.05) is 0 Å². The predicted molar refractivity (Wildman–Crippen MR) is 105 cm³/mol. The minimum Gasteiger partial charge on any atom is -0.312 e. The summed E-state index contributed by atoms with van der Waals surface area (Å²) in [4.78, 5) is 13.2. The third-order valence-corrected chi connectivity index (χ3v) is 5.09. The molecule has 26 heavy (non-hydrogen) atoms. The molecule has 0 atom stereocenters. The van der Waals surface area contributed by atoms with Gasteiger partial charge in [-0.3, -0.25) is 4.79 Å². The lowest BCUT2D eigenvalue weighted by atomic mass is 10.0. The normalized spacial score (nSPS) is 10.6. The molecule has 0 radical (unpaired) electrons. The van der Waals surface area contributed by atoms with E-state index in [1.165, 1.54) is 0 Å². The highest BCUT2D eigenvalue weighted by Crippen LogP contribution is 2.38. The van der Waals surface area contributed by atoms with Gasteiger partial charge < -0.3 is 4.40 Å². The number of pyridine rings is 1. The molecular weight excluding hydrogens is 388 g/mol. The molecule has 4 aromatic rings. The van der Waals surface area contributed by atoms with Gasteiger partial charge in [0.25, 0.3) is 0 Å². The maximum absolute atomic E-state index is 13.2. The van der Waals surface area contributed by atoms with Crippen LogP contribution in [0.3, 0.4) is 0 Å². The van der Waals surface area contributed by atoms with Crippen LogP contribution in [0.25, 0.3) is 16.6 Å². The lowest BCUT2D eigenvalue weighted by Crippen LogP contribution is -2.05. The first-order chi connectivity index (χ1) is 12.7. The fourth-order valence-corrected chi connectivity index (χ4v) is 3.91. The van der Waals surface area contributed by atoms with Gasteiger partial charge in [-0.05, 0) is 33.6 Å². The highest BCUT2D eigenvalue weighted by atomic mass is 79.9. The summed E-state index contributed by atoms with van der Waals surface area (Å²) in [6.07, 6.45) is 1.78. The summed E-state index contributed by atoms with van der Waals surface area (Å²) < 4.78 is 2.58. The molecule has 0 saturated carbocycles. The quantitative estimate of drug-likeness (QED) is 0.427. The summed E-state index contributed by atoms with van der Waals surface area (Å²) in [5.74, 6) is -0.0700. The van der Waals surface area contributed by atoms with Crippen LogP contribution in [0.2, 0.25) is 0 Å². The van der Waals surface area contributed by atoms with Crippen LogP contribution in [0.5, 0.6) is 0 Å². The van der Waals surface area contributed by atoms with E-state index < -0.39 is 0 Å². The summed E-state index contributed by atoms with van der Waals surface area (Å²) in [5, 5.41) is 9.28. The summed E-state index contributed by atoms with van der Waals surface area (Å²) in [7, 11) is 0. The zero-order chi connectivity index (χ0) is 18.1. The minimum atomic E-state index is -0.0700. The zero-order valence-corrected chi connectivity index (χ0v) is 15.3. The summed E-state index contributed by atoms with van der Waals surface area (Å²) in [6, 6.07) is 24.8. The van der Waals surface area contributed by atoms with Gasteiger partial charge in [0.05, 0.1) is 21.6 Å². The zero-order valence-electron chi connectivity index (χ0n) is 13.7. The highest BCUT2D eigenvalue weighted by molar-refractivity contribution is 9.10. The molecule has 0 bridgehead atoms. The summed E-state index contributed by atoms with van der Waals surface area (Å²) in [5.41, 5.74) is 4.44. The van der Waals surface area contributed by atoms with Crippen molar-refractivity contribution >= 4 is 27.2 Å². The van der Waals surface area contributed by atoms with E-state index in [9.17, 15) is 10.1 Å². The Hall–Kier alpha value is -3.16. The van der Waals surface area contributed by atoms with Gasteiger partial charge in [-0.25, -0.2) is 0 Å². The van der Waals surface area contributed by atoms with Gasteiger partial charge in [0.15, 0.2) is 0 Å². The van der Waals surface area contributed by atoms with Crippen LogP contribution in [0, 0.1) is 11.3 Å². The molecule has 4 rings (SSSR count). The Morgan fingerprint density at radius 3 is 2.27 bits per heavy atom. The number of fused-ring (bicyclic) bond motifs is 1. The Labute approximate surface area is 159 Å². The molecule has 2 aromatic carbocycles. The Morgan fingerprint density at radius 1 is 0.962 bits per heavy atom. The number of rotatable bonds is 3. The lowest BCUT2D eigenvalue weighted by molar-refractivity contribution is 0.103. The van der Waals surface area contributed by atoms with Crippen molar-refractivity contribution in [3.8, 4) is 17.2 Å². The number of hydrogen-bond donors (Lipinski definition) is 0. The number of carbonyl (C=O) groups excluding carboxylic acids is 1. The third-order valence-electron chi connectivity index (χ3n) is 4.32. The average molecular weight is 401 g/mol. The number of nitriles is 1. The minimum absolute atomic E-state index is 0.0700. The number of carbonyl (C=O) groups is 1. The van der Waals surface area contributed by atoms with Crippen LogP contribution in [-0.4, -0.2) is 10.2 Å². The third kappa shape index (κ3) is 2.63. The fourth-order valence-electron chi connectivity index (χ4n) is 3.11. The van der Waals surface area contributed by atoms with Crippen molar-refractivity contribution in [1.82, 2.24) is 4.40 Å². The van der Waals surface area contributed by atoms with Crippen molar-refractivity contribution in [2.45, 2.75) is 0 Å². The van der Waals surface area contributed by atoms with Crippen molar-refractivity contribution in [2.24, 2.45) is 0 Å². The van der Waals surface area contributed by atoms with Gasteiger partial charge in [-0.2, -0.15) is 5.26 Å². The molecule has 3 nitrogen and oxygen atoms in total. The van der Waals surface area contributed by atoms with E-state index in [1.54, 1.807) is 24.4 Å². The smallest absolute Gasteiger partial charge is 0.210 e. The molecule has 2 aromatic heterocycles. The highest BCUT2D eigenvalue weighted by Gasteiger charge is 2.23. The molecule has 4 heteroatoms. The Kier molecular flexibility index (Phi) is 4.16. The van der Waals surface area contributed by atoms with Crippen LogP contribution in [0.15, 0.2) is 83.5 Å². The molecule has 0 unspecified atom stereocenters. The maximum atomic E-state index is 13.2. The Morgan fingerprint density at radius 2 is 1.62 bits per heavy atom. The molecule has 0 amide bonds. The van der Waals surface area contributed by atoms with Crippen molar-refractivity contribution in [1.29, 1.82) is 5.26 Å². The van der Waals surface area contributed by atoms with Crippen LogP contribution < -0.4 is 0 Å². The van der Waals surface area contributed by atoms with Crippen LogP contribution in [-0.2, 0) is 0 Å². The Balaban J connectivity index is 2.05. The van der Waals surface area contributed by atoms with Gasteiger partial charge in [0.1, 0.15) is 5.69 Å². The number of nitrogens with zero attached hydrogens (tertiary/aromatic N) is 2. The molecule has 0 N–H and O–H groups in total. The second-order valence-corrected chi connectivity index (χ2v) is 6.67. The van der Waals surface area contributed by atoms with Crippen molar-refractivity contribution in [3.05, 3.63) is 100 Å². The fraction of sp³-hybridized carbons (Fsp3) is 0. The van der Waals surface area contributed by atoms with Gasteiger partial charge in [-0.1, -0.05) is 60.7 Å². The summed E-state index contributed by atoms with van der Waals surface area (Å²) in [6.45, 7) is 0. The van der Waals surface area contributed by atoms with Crippen molar-refractivity contribution in [3.63, 3.8) is 0 Å². The molecule has 0 aliphatic carbocycles. The van der Waals surface area contributed by atoms with Gasteiger partial charge in [0, 0.05) is 17.3 Å². The van der Waals surface area contributed by atoms with E-state index in [4.69, 9.17) is 0 Å². The van der Waals surface area contributed by atoms with E-state index in [2.05, 4.69) is 22.0 Å². The standard InChI is InChI=1S/C22H13BrN2O/c23-20-19(16-7-3-1-4-8-16)18-13-15(14-24)11-12-25(18)21(20)22(26)17-9-5-2-6-10-17/h1-13H. The number of hydrogen-bond acceptors (Lipinski definition) is 2. The van der Waals surface area contributed by atoms with Gasteiger partial charge in [0.2, 0.25) is 5.78 Å². The molecule has 0 spiro atoms. The molecule has 124 valence electrons. The van der Waals surface area contributed by atoms with Crippen molar-refractivity contribution < 1.29 is 4.79 Å². The molecule has 0 aliphatic rings. The van der Waals surface area contributed by atoms with Gasteiger partial charge >= 0.3 is 0 Å².